The van der Waals surface area contributed by atoms with Gasteiger partial charge in [-0.15, -0.1) is 0 Å². The van der Waals surface area contributed by atoms with Gasteiger partial charge in [-0.2, -0.15) is 0 Å². The minimum absolute atomic E-state index is 1.02. The summed E-state index contributed by atoms with van der Waals surface area (Å²) in [6, 6.07) is 12.7. The fraction of sp³-hybridized carbons (Fsp3) is 0. The van der Waals surface area contributed by atoms with Crippen LogP contribution in [0.4, 0.5) is 0 Å². The van der Waals surface area contributed by atoms with Crippen molar-refractivity contribution >= 4 is 53.8 Å². The van der Waals surface area contributed by atoms with Gasteiger partial charge < -0.3 is 0 Å². The third-order valence-electron chi connectivity index (χ3n) is 2.30. The smallest absolute Gasteiger partial charge is 0.0785 e. The molecule has 1 aromatic heterocycles. The maximum atomic E-state index is 5.34. The van der Waals surface area contributed by atoms with Crippen LogP contribution in [0.1, 0.15) is 0 Å². The van der Waals surface area contributed by atoms with Crippen LogP contribution in [-0.4, -0.2) is 0 Å². The van der Waals surface area contributed by atoms with Gasteiger partial charge in [0.15, 0.2) is 0 Å². The van der Waals surface area contributed by atoms with Crippen LogP contribution in [0.15, 0.2) is 36.4 Å². The van der Waals surface area contributed by atoms with E-state index in [2.05, 4.69) is 36.4 Å². The normalized spacial score (nSPS) is 11.1. The average Bonchev–Trinajstić information content (AvgIpc) is 2.61. The Morgan fingerprint density at radius 3 is 2.71 bits per heavy atom. The first kappa shape index (κ1) is 8.53. The Balaban J connectivity index is 2.72. The molecule has 14 heavy (non-hydrogen) atoms. The minimum atomic E-state index is 1.02. The zero-order valence-electron chi connectivity index (χ0n) is 7.19. The van der Waals surface area contributed by atoms with E-state index in [0.717, 1.165) is 3.82 Å². The molecule has 0 aliphatic heterocycles. The third-order valence-corrected chi connectivity index (χ3v) is 5.32. The first-order valence-corrected chi connectivity index (χ1v) is 6.83. The largest absolute Gasteiger partial charge is 0.110 e. The second-order valence-electron chi connectivity index (χ2n) is 3.11. The molecule has 0 N–H and O–H groups in total. The first-order valence-electron chi connectivity index (χ1n) is 4.27. The van der Waals surface area contributed by atoms with Crippen molar-refractivity contribution in [2.45, 2.75) is 0 Å². The molecule has 0 bridgehead atoms. The SMILES string of the molecule is S=c1ssc2ccc3ccccc3c12. The standard InChI is InChI=1S/C11H6S3/c12-11-10-8-4-2-1-3-7(8)5-6-9(10)13-14-11/h1-6H. The molecule has 1 heterocycles. The Labute approximate surface area is 93.8 Å². The maximum absolute atomic E-state index is 5.34. The van der Waals surface area contributed by atoms with Crippen molar-refractivity contribution in [3.8, 4) is 0 Å². The van der Waals surface area contributed by atoms with Crippen LogP contribution in [0.3, 0.4) is 0 Å². The number of fused-ring (bicyclic) bond motifs is 3. The molecular weight excluding hydrogens is 228 g/mol. The lowest BCUT2D eigenvalue weighted by Crippen LogP contribution is -1.71. The molecule has 0 fully saturated rings. The van der Waals surface area contributed by atoms with Crippen LogP contribution >= 0.6 is 32.9 Å². The second-order valence-corrected chi connectivity index (χ2v) is 5.96. The summed E-state index contributed by atoms with van der Waals surface area (Å²) in [7, 11) is 3.46. The molecule has 0 saturated heterocycles. The molecule has 2 aromatic carbocycles. The molecule has 0 unspecified atom stereocenters. The minimum Gasteiger partial charge on any atom is -0.0785 e. The third kappa shape index (κ3) is 1.13. The average molecular weight is 234 g/mol. The van der Waals surface area contributed by atoms with E-state index < -0.39 is 0 Å². The van der Waals surface area contributed by atoms with Gasteiger partial charge in [0.2, 0.25) is 0 Å². The predicted molar refractivity (Wildman–Crippen MR) is 68.0 cm³/mol. The molecule has 3 rings (SSSR count). The summed E-state index contributed by atoms with van der Waals surface area (Å²) in [5.74, 6) is 0. The summed E-state index contributed by atoms with van der Waals surface area (Å²) >= 11 is 5.34. The van der Waals surface area contributed by atoms with Crippen LogP contribution in [-0.2, 0) is 0 Å². The first-order chi connectivity index (χ1) is 6.86. The molecule has 0 nitrogen and oxygen atoms in total. The highest BCUT2D eigenvalue weighted by Gasteiger charge is 2.03. The van der Waals surface area contributed by atoms with E-state index in [-0.39, 0.29) is 0 Å². The van der Waals surface area contributed by atoms with Gasteiger partial charge in [0, 0.05) is 10.1 Å². The zero-order valence-corrected chi connectivity index (χ0v) is 9.64. The van der Waals surface area contributed by atoms with Crippen molar-refractivity contribution in [3.05, 3.63) is 40.2 Å². The molecule has 3 aromatic rings. The highest BCUT2D eigenvalue weighted by atomic mass is 32.9. The summed E-state index contributed by atoms with van der Waals surface area (Å²) in [5, 5.41) is 3.82. The molecule has 0 atom stereocenters. The number of rotatable bonds is 0. The molecule has 0 spiro atoms. The van der Waals surface area contributed by atoms with Gasteiger partial charge in [-0.05, 0) is 16.8 Å². The van der Waals surface area contributed by atoms with Crippen molar-refractivity contribution in [2.75, 3.05) is 0 Å². The lowest BCUT2D eigenvalue weighted by atomic mass is 10.1. The Morgan fingerprint density at radius 1 is 0.929 bits per heavy atom. The Kier molecular flexibility index (Phi) is 1.90. The van der Waals surface area contributed by atoms with Crippen molar-refractivity contribution in [1.29, 1.82) is 0 Å². The van der Waals surface area contributed by atoms with Crippen LogP contribution in [0.5, 0.6) is 0 Å². The second kappa shape index (κ2) is 3.12. The monoisotopic (exact) mass is 234 g/mol. The van der Waals surface area contributed by atoms with E-state index in [1.165, 1.54) is 20.9 Å². The summed E-state index contributed by atoms with van der Waals surface area (Å²) < 4.78 is 2.32. The number of benzene rings is 2. The van der Waals surface area contributed by atoms with Gasteiger partial charge in [-0.3, -0.25) is 0 Å². The van der Waals surface area contributed by atoms with Gasteiger partial charge in [0.05, 0.1) is 0 Å². The summed E-state index contributed by atoms with van der Waals surface area (Å²) in [6.45, 7) is 0. The molecule has 68 valence electrons. The van der Waals surface area contributed by atoms with Crippen molar-refractivity contribution < 1.29 is 0 Å². The van der Waals surface area contributed by atoms with Crippen molar-refractivity contribution in [3.63, 3.8) is 0 Å². The quantitative estimate of drug-likeness (QED) is 0.396. The fourth-order valence-electron chi connectivity index (χ4n) is 1.66. The van der Waals surface area contributed by atoms with Crippen molar-refractivity contribution in [2.24, 2.45) is 0 Å². The van der Waals surface area contributed by atoms with E-state index in [0.29, 0.717) is 0 Å². The number of hydrogen-bond donors (Lipinski definition) is 0. The topological polar surface area (TPSA) is 0 Å². The van der Waals surface area contributed by atoms with E-state index in [9.17, 15) is 0 Å². The predicted octanol–water partition coefficient (Wildman–Crippen LogP) is 4.85. The van der Waals surface area contributed by atoms with Crippen LogP contribution in [0, 0.1) is 3.82 Å². The molecule has 3 heteroatoms. The lowest BCUT2D eigenvalue weighted by Gasteiger charge is -1.97. The molecular formula is C11H6S3. The molecule has 0 amide bonds. The molecule has 0 radical (unpaired) electrons. The van der Waals surface area contributed by atoms with E-state index in [1.54, 1.807) is 20.7 Å². The fourth-order valence-corrected chi connectivity index (χ4v) is 4.36. The summed E-state index contributed by atoms with van der Waals surface area (Å²) in [5.41, 5.74) is 0. The van der Waals surface area contributed by atoms with Gasteiger partial charge in [0.25, 0.3) is 0 Å². The summed E-state index contributed by atoms with van der Waals surface area (Å²) in [4.78, 5) is 0. The van der Waals surface area contributed by atoms with Gasteiger partial charge >= 0.3 is 0 Å². The van der Waals surface area contributed by atoms with Gasteiger partial charge in [0.1, 0.15) is 3.82 Å². The Morgan fingerprint density at radius 2 is 1.79 bits per heavy atom. The van der Waals surface area contributed by atoms with E-state index in [4.69, 9.17) is 12.2 Å². The van der Waals surface area contributed by atoms with Gasteiger partial charge in [-0.25, -0.2) is 0 Å². The number of hydrogen-bond acceptors (Lipinski definition) is 3. The van der Waals surface area contributed by atoms with E-state index >= 15 is 0 Å². The molecule has 0 saturated carbocycles. The van der Waals surface area contributed by atoms with Gasteiger partial charge in [-0.1, -0.05) is 63.2 Å². The van der Waals surface area contributed by atoms with Crippen molar-refractivity contribution in [1.82, 2.24) is 0 Å². The maximum Gasteiger partial charge on any atom is 0.110 e. The zero-order chi connectivity index (χ0) is 9.54. The highest BCUT2D eigenvalue weighted by Crippen LogP contribution is 2.33. The Hall–Kier alpha value is -0.770. The van der Waals surface area contributed by atoms with E-state index in [1.807, 2.05) is 0 Å². The van der Waals surface area contributed by atoms with Crippen LogP contribution in [0.25, 0.3) is 20.9 Å². The van der Waals surface area contributed by atoms with Crippen LogP contribution < -0.4 is 0 Å². The molecule has 0 aliphatic carbocycles. The lowest BCUT2D eigenvalue weighted by molar-refractivity contribution is 1.81. The Bertz CT molecular complexity index is 661. The molecule has 0 aliphatic rings. The van der Waals surface area contributed by atoms with Crippen LogP contribution in [0.2, 0.25) is 0 Å². The highest BCUT2D eigenvalue weighted by molar-refractivity contribution is 7.81. The summed E-state index contributed by atoms with van der Waals surface area (Å²) in [6.07, 6.45) is 0.